The van der Waals surface area contributed by atoms with Gasteiger partial charge < -0.3 is 10.1 Å². The Labute approximate surface area is 170 Å². The Balaban J connectivity index is 1.61. The molecule has 0 aromatic heterocycles. The molecule has 0 fully saturated rings. The third-order valence-corrected chi connectivity index (χ3v) is 4.94. The molecule has 1 aliphatic rings. The van der Waals surface area contributed by atoms with Crippen molar-refractivity contribution in [2.45, 2.75) is 13.0 Å². The van der Waals surface area contributed by atoms with Crippen LogP contribution in [-0.2, 0) is 14.3 Å². The van der Waals surface area contributed by atoms with Gasteiger partial charge in [-0.1, -0.05) is 41.4 Å². The Hall–Kier alpha value is -2.90. The maximum absolute atomic E-state index is 12.4. The topological polar surface area (TPSA) is 92.8 Å². The highest BCUT2D eigenvalue weighted by molar-refractivity contribution is 6.44. The lowest BCUT2D eigenvalue weighted by atomic mass is 10.1. The van der Waals surface area contributed by atoms with E-state index < -0.39 is 36.3 Å². The van der Waals surface area contributed by atoms with E-state index in [1.807, 2.05) is 0 Å². The zero-order valence-corrected chi connectivity index (χ0v) is 16.1. The predicted octanol–water partition coefficient (Wildman–Crippen LogP) is 3.16. The number of halogens is 2. The number of rotatable bonds is 5. The lowest BCUT2D eigenvalue weighted by Gasteiger charge is -2.20. The summed E-state index contributed by atoms with van der Waals surface area (Å²) in [6.07, 6.45) is 0. The van der Waals surface area contributed by atoms with Gasteiger partial charge in [0.25, 0.3) is 17.7 Å². The van der Waals surface area contributed by atoms with Crippen LogP contribution in [0.3, 0.4) is 0 Å². The van der Waals surface area contributed by atoms with Crippen LogP contribution in [0, 0.1) is 0 Å². The third-order valence-electron chi connectivity index (χ3n) is 4.13. The number of hydrogen-bond acceptors (Lipinski definition) is 5. The molecule has 1 N–H and O–H groups in total. The molecule has 3 rings (SSSR count). The number of nitrogens with zero attached hydrogens (tertiary/aromatic N) is 1. The second-order valence-electron chi connectivity index (χ2n) is 5.96. The maximum atomic E-state index is 12.4. The highest BCUT2D eigenvalue weighted by atomic mass is 35.5. The van der Waals surface area contributed by atoms with Gasteiger partial charge in [0.05, 0.1) is 26.9 Å². The number of amides is 3. The van der Waals surface area contributed by atoms with Gasteiger partial charge in [0.15, 0.2) is 6.61 Å². The molecular formula is C19H14Cl2N2O5. The first-order valence-corrected chi connectivity index (χ1v) is 8.94. The van der Waals surface area contributed by atoms with Gasteiger partial charge in [-0.25, -0.2) is 4.79 Å². The smallest absolute Gasteiger partial charge is 0.329 e. The molecule has 144 valence electrons. The first-order valence-electron chi connectivity index (χ1n) is 8.18. The highest BCUT2D eigenvalue weighted by Gasteiger charge is 2.41. The summed E-state index contributed by atoms with van der Waals surface area (Å²) in [7, 11) is 0. The molecule has 28 heavy (non-hydrogen) atoms. The zero-order chi connectivity index (χ0) is 20.4. The molecule has 3 amide bonds. The normalized spacial score (nSPS) is 13.9. The van der Waals surface area contributed by atoms with Crippen molar-refractivity contribution in [1.29, 1.82) is 0 Å². The molecule has 9 heteroatoms. The summed E-state index contributed by atoms with van der Waals surface area (Å²) in [5.74, 6) is -2.70. The summed E-state index contributed by atoms with van der Waals surface area (Å²) in [6.45, 7) is 0.741. The van der Waals surface area contributed by atoms with Gasteiger partial charge in [0, 0.05) is 0 Å². The molecule has 7 nitrogen and oxygen atoms in total. The van der Waals surface area contributed by atoms with Gasteiger partial charge in [-0.15, -0.1) is 0 Å². The summed E-state index contributed by atoms with van der Waals surface area (Å²) >= 11 is 11.8. The van der Waals surface area contributed by atoms with E-state index in [0.29, 0.717) is 0 Å². The van der Waals surface area contributed by atoms with E-state index in [4.69, 9.17) is 27.9 Å². The average molecular weight is 421 g/mol. The molecule has 0 bridgehead atoms. The van der Waals surface area contributed by atoms with E-state index in [0.717, 1.165) is 4.90 Å². The zero-order valence-electron chi connectivity index (χ0n) is 14.6. The molecule has 1 aliphatic heterocycles. The van der Waals surface area contributed by atoms with Crippen LogP contribution in [0.25, 0.3) is 0 Å². The summed E-state index contributed by atoms with van der Waals surface area (Å²) in [5.41, 5.74) is 0.713. The number of esters is 1. The second-order valence-corrected chi connectivity index (χ2v) is 6.74. The Morgan fingerprint density at radius 1 is 1.04 bits per heavy atom. The average Bonchev–Trinajstić information content (AvgIpc) is 2.94. The van der Waals surface area contributed by atoms with Crippen LogP contribution in [0.2, 0.25) is 10.0 Å². The summed E-state index contributed by atoms with van der Waals surface area (Å²) in [4.78, 5) is 49.9. The van der Waals surface area contributed by atoms with Crippen LogP contribution in [0.4, 0.5) is 5.69 Å². The minimum absolute atomic E-state index is 0.156. The molecule has 2 aromatic carbocycles. The van der Waals surface area contributed by atoms with Crippen LogP contribution >= 0.6 is 23.2 Å². The first kappa shape index (κ1) is 19.9. The summed E-state index contributed by atoms with van der Waals surface area (Å²) in [6, 6.07) is 9.78. The molecular weight excluding hydrogens is 407 g/mol. The van der Waals surface area contributed by atoms with E-state index >= 15 is 0 Å². The van der Waals surface area contributed by atoms with Gasteiger partial charge >= 0.3 is 5.97 Å². The third kappa shape index (κ3) is 3.72. The monoisotopic (exact) mass is 420 g/mol. The van der Waals surface area contributed by atoms with Crippen molar-refractivity contribution in [2.75, 3.05) is 11.9 Å². The quantitative estimate of drug-likeness (QED) is 0.592. The standard InChI is InChI=1S/C19H14Cl2N2O5/c1-10(23-17(25)11-5-2-3-6-12(11)18(23)26)19(27)28-9-15(24)22-14-8-4-7-13(20)16(14)21/h2-8,10H,9H2,1H3,(H,22,24)/t10-/m0/s1. The van der Waals surface area contributed by atoms with Gasteiger partial charge in [0.2, 0.25) is 0 Å². The van der Waals surface area contributed by atoms with E-state index in [9.17, 15) is 19.2 Å². The van der Waals surface area contributed by atoms with Crippen molar-refractivity contribution in [2.24, 2.45) is 0 Å². The lowest BCUT2D eigenvalue weighted by molar-refractivity contribution is -0.150. The van der Waals surface area contributed by atoms with E-state index in [1.54, 1.807) is 24.3 Å². The SMILES string of the molecule is C[C@@H](C(=O)OCC(=O)Nc1cccc(Cl)c1Cl)N1C(=O)c2ccccc2C1=O. The number of carbonyl (C=O) groups is 4. The Morgan fingerprint density at radius 2 is 1.64 bits per heavy atom. The van der Waals surface area contributed by atoms with Gasteiger partial charge in [-0.05, 0) is 31.2 Å². The Bertz CT molecular complexity index is 957. The second kappa shape index (κ2) is 8.00. The van der Waals surface area contributed by atoms with Crippen LogP contribution in [0.5, 0.6) is 0 Å². The van der Waals surface area contributed by atoms with Crippen molar-refractivity contribution in [3.8, 4) is 0 Å². The van der Waals surface area contributed by atoms with Crippen LogP contribution in [-0.4, -0.2) is 41.2 Å². The van der Waals surface area contributed by atoms with Crippen LogP contribution in [0.15, 0.2) is 42.5 Å². The fourth-order valence-electron chi connectivity index (χ4n) is 2.71. The number of carbonyl (C=O) groups excluding carboxylic acids is 4. The number of ether oxygens (including phenoxy) is 1. The number of fused-ring (bicyclic) bond motifs is 1. The fraction of sp³-hybridized carbons (Fsp3) is 0.158. The molecule has 0 saturated carbocycles. The fourth-order valence-corrected chi connectivity index (χ4v) is 3.06. The van der Waals surface area contributed by atoms with E-state index in [1.165, 1.54) is 25.1 Å². The van der Waals surface area contributed by atoms with Gasteiger partial charge in [-0.2, -0.15) is 0 Å². The van der Waals surface area contributed by atoms with Gasteiger partial charge in [0.1, 0.15) is 6.04 Å². The minimum atomic E-state index is -1.19. The summed E-state index contributed by atoms with van der Waals surface area (Å²) in [5, 5.41) is 2.88. The maximum Gasteiger partial charge on any atom is 0.329 e. The molecule has 0 spiro atoms. The predicted molar refractivity (Wildman–Crippen MR) is 102 cm³/mol. The van der Waals surface area contributed by atoms with Crippen molar-refractivity contribution < 1.29 is 23.9 Å². The van der Waals surface area contributed by atoms with Gasteiger partial charge in [-0.3, -0.25) is 19.3 Å². The molecule has 0 saturated heterocycles. The Kier molecular flexibility index (Phi) is 5.67. The largest absolute Gasteiger partial charge is 0.454 e. The lowest BCUT2D eigenvalue weighted by Crippen LogP contribution is -2.44. The highest BCUT2D eigenvalue weighted by Crippen LogP contribution is 2.29. The van der Waals surface area contributed by atoms with Crippen molar-refractivity contribution in [1.82, 2.24) is 4.90 Å². The minimum Gasteiger partial charge on any atom is -0.454 e. The van der Waals surface area contributed by atoms with Crippen molar-refractivity contribution in [3.05, 3.63) is 63.6 Å². The number of anilines is 1. The number of hydrogen-bond donors (Lipinski definition) is 1. The first-order chi connectivity index (χ1) is 13.3. The van der Waals surface area contributed by atoms with E-state index in [-0.39, 0.29) is 26.9 Å². The van der Waals surface area contributed by atoms with Crippen LogP contribution < -0.4 is 5.32 Å². The van der Waals surface area contributed by atoms with Crippen molar-refractivity contribution in [3.63, 3.8) is 0 Å². The summed E-state index contributed by atoms with van der Waals surface area (Å²) < 4.78 is 4.94. The van der Waals surface area contributed by atoms with Crippen LogP contribution in [0.1, 0.15) is 27.6 Å². The molecule has 1 heterocycles. The molecule has 2 aromatic rings. The number of imide groups is 1. The van der Waals surface area contributed by atoms with E-state index in [2.05, 4.69) is 5.32 Å². The molecule has 0 unspecified atom stereocenters. The molecule has 1 atom stereocenters. The Morgan fingerprint density at radius 3 is 2.25 bits per heavy atom. The van der Waals surface area contributed by atoms with Crippen molar-refractivity contribution >= 4 is 52.6 Å². The number of benzene rings is 2. The number of nitrogens with one attached hydrogen (secondary N) is 1. The molecule has 0 radical (unpaired) electrons. The molecule has 0 aliphatic carbocycles.